The van der Waals surface area contributed by atoms with Crippen molar-refractivity contribution in [3.05, 3.63) is 76.2 Å². The van der Waals surface area contributed by atoms with Gasteiger partial charge in [0.1, 0.15) is 29.0 Å². The van der Waals surface area contributed by atoms with Gasteiger partial charge >= 0.3 is 0 Å². The minimum Gasteiger partial charge on any atom is -0.497 e. The summed E-state index contributed by atoms with van der Waals surface area (Å²) in [6.07, 6.45) is 0.635. The molecule has 2 aromatic heterocycles. The van der Waals surface area contributed by atoms with Crippen LogP contribution in [-0.2, 0) is 6.54 Å². The first-order chi connectivity index (χ1) is 14.6. The Morgan fingerprint density at radius 3 is 2.50 bits per heavy atom. The van der Waals surface area contributed by atoms with E-state index < -0.39 is 6.10 Å². The predicted molar refractivity (Wildman–Crippen MR) is 119 cm³/mol. The third-order valence-corrected chi connectivity index (χ3v) is 5.84. The fourth-order valence-corrected chi connectivity index (χ4v) is 4.37. The summed E-state index contributed by atoms with van der Waals surface area (Å²) in [5, 5.41) is 11.0. The number of nitrogens with zero attached hydrogens (tertiary/aromatic N) is 2. The molecule has 1 unspecified atom stereocenters. The van der Waals surface area contributed by atoms with E-state index in [-0.39, 0.29) is 18.7 Å². The molecule has 0 radical (unpaired) electrons. The molecule has 4 rings (SSSR count). The van der Waals surface area contributed by atoms with Gasteiger partial charge in [-0.05, 0) is 36.8 Å². The summed E-state index contributed by atoms with van der Waals surface area (Å²) < 4.78 is 12.2. The van der Waals surface area contributed by atoms with Crippen molar-refractivity contribution in [3.8, 4) is 22.6 Å². The Hall–Kier alpha value is -3.16. The number of fused-ring (bicyclic) bond motifs is 1. The molecule has 0 amide bonds. The second-order valence-electron chi connectivity index (χ2n) is 6.92. The first kappa shape index (κ1) is 20.1. The summed E-state index contributed by atoms with van der Waals surface area (Å²) in [5.41, 5.74) is 1.74. The van der Waals surface area contributed by atoms with Crippen molar-refractivity contribution in [3.63, 3.8) is 0 Å². The van der Waals surface area contributed by atoms with Gasteiger partial charge in [0.05, 0.1) is 25.4 Å². The highest BCUT2D eigenvalue weighted by Gasteiger charge is 2.18. The SMILES string of the molecule is COc1ccc(OCC(O)Cn2cnc3sc(C)c(-c4ccccc4)c3c2=O)cc1. The molecule has 4 aromatic rings. The topological polar surface area (TPSA) is 73.6 Å². The molecule has 0 aliphatic heterocycles. The Bertz CT molecular complexity index is 1200. The molecule has 7 heteroatoms. The van der Waals surface area contributed by atoms with Gasteiger partial charge in [0.2, 0.25) is 0 Å². The molecule has 1 atom stereocenters. The molecular formula is C23H22N2O4S. The maximum atomic E-state index is 13.2. The van der Waals surface area contributed by atoms with Gasteiger partial charge in [0.25, 0.3) is 5.56 Å². The van der Waals surface area contributed by atoms with Crippen LogP contribution in [0.2, 0.25) is 0 Å². The fourth-order valence-electron chi connectivity index (χ4n) is 3.36. The Morgan fingerprint density at radius 1 is 1.10 bits per heavy atom. The zero-order chi connectivity index (χ0) is 21.1. The molecule has 0 aliphatic carbocycles. The van der Waals surface area contributed by atoms with Crippen molar-refractivity contribution in [2.45, 2.75) is 19.6 Å². The second kappa shape index (κ2) is 8.69. The zero-order valence-electron chi connectivity index (χ0n) is 16.7. The number of rotatable bonds is 7. The van der Waals surface area contributed by atoms with Crippen LogP contribution >= 0.6 is 11.3 Å². The van der Waals surface area contributed by atoms with Crippen molar-refractivity contribution < 1.29 is 14.6 Å². The quantitative estimate of drug-likeness (QED) is 0.489. The number of methoxy groups -OCH3 is 1. The molecule has 154 valence electrons. The Labute approximate surface area is 178 Å². The average Bonchev–Trinajstić information content (AvgIpc) is 3.12. The van der Waals surface area contributed by atoms with Crippen molar-refractivity contribution in [1.29, 1.82) is 0 Å². The van der Waals surface area contributed by atoms with Crippen LogP contribution in [-0.4, -0.2) is 34.5 Å². The van der Waals surface area contributed by atoms with E-state index in [1.165, 1.54) is 22.2 Å². The van der Waals surface area contributed by atoms with Crippen LogP contribution in [0.1, 0.15) is 4.88 Å². The molecule has 2 aromatic carbocycles. The highest BCUT2D eigenvalue weighted by molar-refractivity contribution is 7.19. The molecule has 0 fully saturated rings. The molecule has 0 spiro atoms. The maximum Gasteiger partial charge on any atom is 0.262 e. The highest BCUT2D eigenvalue weighted by Crippen LogP contribution is 2.35. The molecular weight excluding hydrogens is 400 g/mol. The van der Waals surface area contributed by atoms with Crippen LogP contribution in [0, 0.1) is 6.92 Å². The number of aryl methyl sites for hydroxylation is 1. The van der Waals surface area contributed by atoms with E-state index in [1.807, 2.05) is 37.3 Å². The third-order valence-electron chi connectivity index (χ3n) is 4.83. The summed E-state index contributed by atoms with van der Waals surface area (Å²) >= 11 is 1.50. The van der Waals surface area contributed by atoms with E-state index in [2.05, 4.69) is 4.98 Å². The summed E-state index contributed by atoms with van der Waals surface area (Å²) in [5.74, 6) is 1.35. The van der Waals surface area contributed by atoms with Gasteiger partial charge in [-0.1, -0.05) is 30.3 Å². The number of aliphatic hydroxyl groups is 1. The van der Waals surface area contributed by atoms with E-state index in [4.69, 9.17) is 9.47 Å². The van der Waals surface area contributed by atoms with E-state index in [0.29, 0.717) is 16.0 Å². The van der Waals surface area contributed by atoms with Crippen LogP contribution in [0.25, 0.3) is 21.3 Å². The van der Waals surface area contributed by atoms with Crippen molar-refractivity contribution in [2.75, 3.05) is 13.7 Å². The highest BCUT2D eigenvalue weighted by atomic mass is 32.1. The first-order valence-electron chi connectivity index (χ1n) is 9.55. The van der Waals surface area contributed by atoms with Crippen molar-refractivity contribution in [2.24, 2.45) is 0 Å². The van der Waals surface area contributed by atoms with Gasteiger partial charge in [0, 0.05) is 10.4 Å². The number of thiophene rings is 1. The zero-order valence-corrected chi connectivity index (χ0v) is 17.6. The number of ether oxygens (including phenoxy) is 2. The molecule has 1 N–H and O–H groups in total. The lowest BCUT2D eigenvalue weighted by Gasteiger charge is -2.14. The van der Waals surface area contributed by atoms with E-state index in [1.54, 1.807) is 31.4 Å². The van der Waals surface area contributed by atoms with Crippen molar-refractivity contribution in [1.82, 2.24) is 9.55 Å². The van der Waals surface area contributed by atoms with Gasteiger partial charge in [-0.25, -0.2) is 4.98 Å². The molecule has 30 heavy (non-hydrogen) atoms. The van der Waals surface area contributed by atoms with Gasteiger partial charge in [-0.3, -0.25) is 9.36 Å². The minimum atomic E-state index is -0.857. The number of hydrogen-bond acceptors (Lipinski definition) is 6. The number of benzene rings is 2. The van der Waals surface area contributed by atoms with Crippen molar-refractivity contribution >= 4 is 21.6 Å². The minimum absolute atomic E-state index is 0.0605. The van der Waals surface area contributed by atoms with E-state index in [9.17, 15) is 9.90 Å². The second-order valence-corrected chi connectivity index (χ2v) is 8.13. The fraction of sp³-hybridized carbons (Fsp3) is 0.217. The summed E-state index contributed by atoms with van der Waals surface area (Å²) in [6.45, 7) is 2.15. The lowest BCUT2D eigenvalue weighted by atomic mass is 10.0. The normalized spacial score (nSPS) is 12.1. The van der Waals surface area contributed by atoms with Gasteiger partial charge in [-0.15, -0.1) is 11.3 Å². The van der Waals surface area contributed by atoms with Crippen LogP contribution in [0.5, 0.6) is 11.5 Å². The molecule has 2 heterocycles. The summed E-state index contributed by atoms with van der Waals surface area (Å²) in [7, 11) is 1.60. The lowest BCUT2D eigenvalue weighted by Crippen LogP contribution is -2.30. The van der Waals surface area contributed by atoms with Gasteiger partial charge in [-0.2, -0.15) is 0 Å². The standard InChI is InChI=1S/C23H22N2O4S/c1-15-20(16-6-4-3-5-7-16)21-22(30-15)24-14-25(23(21)27)12-17(26)13-29-19-10-8-18(28-2)9-11-19/h3-11,14,17,26H,12-13H2,1-2H3. The summed E-state index contributed by atoms with van der Waals surface area (Å²) in [4.78, 5) is 19.4. The monoisotopic (exact) mass is 422 g/mol. The summed E-state index contributed by atoms with van der Waals surface area (Å²) in [6, 6.07) is 16.9. The van der Waals surface area contributed by atoms with Gasteiger partial charge in [0.15, 0.2) is 0 Å². The largest absolute Gasteiger partial charge is 0.497 e. The Kier molecular flexibility index (Phi) is 5.83. The van der Waals surface area contributed by atoms with Crippen LogP contribution < -0.4 is 15.0 Å². The average molecular weight is 423 g/mol. The molecule has 0 saturated carbocycles. The van der Waals surface area contributed by atoms with Gasteiger partial charge < -0.3 is 14.6 Å². The Balaban J connectivity index is 1.55. The number of hydrogen-bond donors (Lipinski definition) is 1. The molecule has 0 aliphatic rings. The molecule has 0 bridgehead atoms. The number of aromatic nitrogens is 2. The number of aliphatic hydroxyl groups excluding tert-OH is 1. The van der Waals surface area contributed by atoms with Crippen LogP contribution in [0.4, 0.5) is 0 Å². The molecule has 0 saturated heterocycles. The predicted octanol–water partition coefficient (Wildman–Crippen LogP) is 3.88. The lowest BCUT2D eigenvalue weighted by molar-refractivity contribution is 0.0914. The van der Waals surface area contributed by atoms with Crippen LogP contribution in [0.15, 0.2) is 65.7 Å². The first-order valence-corrected chi connectivity index (χ1v) is 10.4. The Morgan fingerprint density at radius 2 is 1.80 bits per heavy atom. The van der Waals surface area contributed by atoms with E-state index in [0.717, 1.165) is 21.8 Å². The van der Waals surface area contributed by atoms with E-state index >= 15 is 0 Å². The maximum absolute atomic E-state index is 13.2. The third kappa shape index (κ3) is 4.08. The molecule has 6 nitrogen and oxygen atoms in total. The smallest absolute Gasteiger partial charge is 0.262 e. The van der Waals surface area contributed by atoms with Crippen LogP contribution in [0.3, 0.4) is 0 Å².